The first kappa shape index (κ1) is 10.9. The van der Waals surface area contributed by atoms with E-state index >= 15 is 0 Å². The molecule has 0 aliphatic carbocycles. The molecule has 3 nitrogen and oxygen atoms in total. The topological polar surface area (TPSA) is 60.2 Å². The van der Waals surface area contributed by atoms with Crippen LogP contribution in [0.5, 0.6) is 0 Å². The highest BCUT2D eigenvalue weighted by atomic mass is 32.2. The number of hydrogen-bond donors (Lipinski definition) is 1. The Morgan fingerprint density at radius 3 is 2.17 bits per heavy atom. The maximum Gasteiger partial charge on any atom is 0.238 e. The molecule has 66 valence electrons. The number of allylic oxidation sites excluding steroid dienone is 5. The highest BCUT2D eigenvalue weighted by molar-refractivity contribution is 7.93. The number of nitrogens with two attached hydrogens (primary N) is 1. The summed E-state index contributed by atoms with van der Waals surface area (Å²) in [4.78, 5) is -0.0133. The molecule has 0 aromatic rings. The molecule has 0 atom stereocenters. The largest absolute Gasteiger partial charge is 0.238 e. The van der Waals surface area contributed by atoms with Gasteiger partial charge in [-0.2, -0.15) is 0 Å². The van der Waals surface area contributed by atoms with E-state index in [9.17, 15) is 8.42 Å². The van der Waals surface area contributed by atoms with Crippen molar-refractivity contribution in [3.63, 3.8) is 0 Å². The summed E-state index contributed by atoms with van der Waals surface area (Å²) < 4.78 is 21.5. The Morgan fingerprint density at radius 1 is 1.25 bits per heavy atom. The van der Waals surface area contributed by atoms with E-state index in [0.29, 0.717) is 0 Å². The van der Waals surface area contributed by atoms with E-state index in [0.717, 1.165) is 0 Å². The number of rotatable bonds is 4. The van der Waals surface area contributed by atoms with Gasteiger partial charge in [0, 0.05) is 0 Å². The number of hydrogen-bond acceptors (Lipinski definition) is 2. The van der Waals surface area contributed by atoms with Gasteiger partial charge in [0.1, 0.15) is 0 Å². The van der Waals surface area contributed by atoms with Crippen molar-refractivity contribution >= 4 is 10.0 Å². The molecule has 0 spiro atoms. The first-order valence-electron chi connectivity index (χ1n) is 3.17. The molecule has 0 bridgehead atoms. The second-order valence-corrected chi connectivity index (χ2v) is 3.50. The number of sulfonamides is 1. The summed E-state index contributed by atoms with van der Waals surface area (Å²) in [5, 5.41) is 4.85. The van der Waals surface area contributed by atoms with Crippen LogP contribution in [0.3, 0.4) is 0 Å². The lowest BCUT2D eigenvalue weighted by atomic mass is 10.4. The summed E-state index contributed by atoms with van der Waals surface area (Å²) in [7, 11) is -3.64. The Bertz CT molecular complexity index is 323. The van der Waals surface area contributed by atoms with Gasteiger partial charge in [0.15, 0.2) is 0 Å². The highest BCUT2D eigenvalue weighted by Crippen LogP contribution is 2.02. The van der Waals surface area contributed by atoms with E-state index in [-0.39, 0.29) is 4.91 Å². The van der Waals surface area contributed by atoms with Crippen LogP contribution in [-0.2, 0) is 10.0 Å². The fourth-order valence-corrected chi connectivity index (χ4v) is 1.01. The van der Waals surface area contributed by atoms with Gasteiger partial charge in [0.2, 0.25) is 10.0 Å². The molecule has 0 aliphatic rings. The minimum absolute atomic E-state index is 0.0133. The molecule has 0 fully saturated rings. The van der Waals surface area contributed by atoms with Gasteiger partial charge in [-0.3, -0.25) is 0 Å². The van der Waals surface area contributed by atoms with Gasteiger partial charge in [-0.25, -0.2) is 13.6 Å². The standard InChI is InChI=1S/C8H11NO2S/c1-3-5-6-7-8(4-2)12(9,10)11/h3-7H,1-2H2,(H2,9,10,11)/b6-5-,8-7+. The summed E-state index contributed by atoms with van der Waals surface area (Å²) in [6, 6.07) is 0. The van der Waals surface area contributed by atoms with Crippen molar-refractivity contribution in [1.29, 1.82) is 0 Å². The monoisotopic (exact) mass is 185 g/mol. The zero-order valence-electron chi connectivity index (χ0n) is 6.60. The van der Waals surface area contributed by atoms with Gasteiger partial charge < -0.3 is 0 Å². The fraction of sp³-hybridized carbons (Fsp3) is 0. The summed E-state index contributed by atoms with van der Waals surface area (Å²) in [5.41, 5.74) is 0. The molecule has 4 heteroatoms. The third-order valence-corrected chi connectivity index (χ3v) is 2.00. The molecule has 0 saturated heterocycles. The predicted octanol–water partition coefficient (Wildman–Crippen LogP) is 1.09. The molecular formula is C8H11NO2S. The van der Waals surface area contributed by atoms with Crippen molar-refractivity contribution in [3.8, 4) is 0 Å². The summed E-state index contributed by atoms with van der Waals surface area (Å²) in [5.74, 6) is 0. The fourth-order valence-electron chi connectivity index (χ4n) is 0.508. The normalized spacial score (nSPS) is 13.2. The molecule has 0 amide bonds. The van der Waals surface area contributed by atoms with Crippen LogP contribution < -0.4 is 5.14 Å². The van der Waals surface area contributed by atoms with Crippen molar-refractivity contribution in [2.24, 2.45) is 5.14 Å². The lowest BCUT2D eigenvalue weighted by Crippen LogP contribution is -2.12. The lowest BCUT2D eigenvalue weighted by molar-refractivity contribution is 0.604. The molecule has 0 aromatic heterocycles. The Hall–Kier alpha value is -1.13. The zero-order valence-corrected chi connectivity index (χ0v) is 7.42. The van der Waals surface area contributed by atoms with E-state index in [4.69, 9.17) is 5.14 Å². The van der Waals surface area contributed by atoms with Gasteiger partial charge in [-0.1, -0.05) is 31.4 Å². The molecule has 0 radical (unpaired) electrons. The molecular weight excluding hydrogens is 174 g/mol. The van der Waals surface area contributed by atoms with Crippen LogP contribution in [0.1, 0.15) is 0 Å². The quantitative estimate of drug-likeness (QED) is 0.666. The second-order valence-electron chi connectivity index (χ2n) is 1.94. The van der Waals surface area contributed by atoms with Crippen LogP contribution in [0, 0.1) is 0 Å². The maximum absolute atomic E-state index is 10.7. The van der Waals surface area contributed by atoms with Gasteiger partial charge in [-0.05, 0) is 12.2 Å². The Balaban J connectivity index is 4.80. The predicted molar refractivity (Wildman–Crippen MR) is 50.7 cm³/mol. The average Bonchev–Trinajstić information content (AvgIpc) is 1.95. The second kappa shape index (κ2) is 4.69. The smallest absolute Gasteiger partial charge is 0.225 e. The first-order chi connectivity index (χ1) is 5.52. The maximum atomic E-state index is 10.7. The third-order valence-electron chi connectivity index (χ3n) is 1.04. The minimum atomic E-state index is -3.64. The summed E-state index contributed by atoms with van der Waals surface area (Å²) in [6.45, 7) is 6.74. The van der Waals surface area contributed by atoms with Gasteiger partial charge in [0.05, 0.1) is 4.91 Å². The Labute approximate surface area is 72.6 Å². The average molecular weight is 185 g/mol. The molecule has 0 unspecified atom stereocenters. The van der Waals surface area contributed by atoms with E-state index in [1.165, 1.54) is 24.3 Å². The van der Waals surface area contributed by atoms with Gasteiger partial charge >= 0.3 is 0 Å². The van der Waals surface area contributed by atoms with Gasteiger partial charge in [0.25, 0.3) is 0 Å². The van der Waals surface area contributed by atoms with Crippen molar-refractivity contribution in [2.75, 3.05) is 0 Å². The molecule has 0 aromatic carbocycles. The molecule has 0 aliphatic heterocycles. The summed E-state index contributed by atoms with van der Waals surface area (Å²) >= 11 is 0. The Morgan fingerprint density at radius 2 is 1.83 bits per heavy atom. The van der Waals surface area contributed by atoms with Crippen molar-refractivity contribution < 1.29 is 8.42 Å². The van der Waals surface area contributed by atoms with Crippen LogP contribution in [0.2, 0.25) is 0 Å². The van der Waals surface area contributed by atoms with Crippen LogP contribution in [0.15, 0.2) is 48.4 Å². The van der Waals surface area contributed by atoms with Crippen LogP contribution in [-0.4, -0.2) is 8.42 Å². The van der Waals surface area contributed by atoms with E-state index in [1.807, 2.05) is 0 Å². The van der Waals surface area contributed by atoms with E-state index < -0.39 is 10.0 Å². The van der Waals surface area contributed by atoms with Crippen molar-refractivity contribution in [2.45, 2.75) is 0 Å². The SMILES string of the molecule is C=C/C=C\C=C(/C=C)S(N)(=O)=O. The molecule has 12 heavy (non-hydrogen) atoms. The van der Waals surface area contributed by atoms with Crippen LogP contribution in [0.4, 0.5) is 0 Å². The van der Waals surface area contributed by atoms with Crippen molar-refractivity contribution in [3.05, 3.63) is 48.4 Å². The molecule has 0 saturated carbocycles. The van der Waals surface area contributed by atoms with Crippen molar-refractivity contribution in [1.82, 2.24) is 0 Å². The van der Waals surface area contributed by atoms with Crippen LogP contribution >= 0.6 is 0 Å². The molecule has 0 rings (SSSR count). The highest BCUT2D eigenvalue weighted by Gasteiger charge is 2.04. The number of primary sulfonamides is 1. The van der Waals surface area contributed by atoms with Gasteiger partial charge in [-0.15, -0.1) is 0 Å². The minimum Gasteiger partial charge on any atom is -0.225 e. The first-order valence-corrected chi connectivity index (χ1v) is 4.71. The van der Waals surface area contributed by atoms with E-state index in [2.05, 4.69) is 13.2 Å². The Kier molecular flexibility index (Phi) is 4.25. The summed E-state index contributed by atoms with van der Waals surface area (Å²) in [6.07, 6.45) is 7.18. The molecule has 2 N–H and O–H groups in total. The van der Waals surface area contributed by atoms with Crippen LogP contribution in [0.25, 0.3) is 0 Å². The van der Waals surface area contributed by atoms with E-state index in [1.54, 1.807) is 6.08 Å². The zero-order chi connectivity index (χ0) is 9.61. The lowest BCUT2D eigenvalue weighted by Gasteiger charge is -1.94. The molecule has 0 heterocycles. The third kappa shape index (κ3) is 3.90.